The Hall–Kier alpha value is -1.24. The number of rotatable bonds is 7. The Kier molecular flexibility index (Phi) is 6.14. The molecule has 1 aromatic rings. The van der Waals surface area contributed by atoms with E-state index in [1.807, 2.05) is 6.92 Å². The predicted molar refractivity (Wildman–Crippen MR) is 77.8 cm³/mol. The van der Waals surface area contributed by atoms with Crippen molar-refractivity contribution in [2.45, 2.75) is 44.8 Å². The molecule has 0 radical (unpaired) electrons. The van der Waals surface area contributed by atoms with E-state index in [-0.39, 0.29) is 11.9 Å². The van der Waals surface area contributed by atoms with Gasteiger partial charge in [0.15, 0.2) is 5.16 Å². The quantitative estimate of drug-likeness (QED) is 0.740. The second-order valence-electron chi connectivity index (χ2n) is 5.13. The first-order valence-corrected chi connectivity index (χ1v) is 7.45. The summed E-state index contributed by atoms with van der Waals surface area (Å²) in [5.41, 5.74) is 5.57. The Labute approximate surface area is 118 Å². The summed E-state index contributed by atoms with van der Waals surface area (Å²) in [5, 5.41) is 11.3. The van der Waals surface area contributed by atoms with E-state index in [2.05, 4.69) is 29.4 Å². The van der Waals surface area contributed by atoms with E-state index < -0.39 is 0 Å². The molecule has 1 amide bonds. The fourth-order valence-electron chi connectivity index (χ4n) is 1.55. The molecule has 0 saturated heterocycles. The number of nitrogens with zero attached hydrogens (tertiary/aromatic N) is 3. The van der Waals surface area contributed by atoms with Crippen LogP contribution in [0.4, 0.5) is 5.95 Å². The van der Waals surface area contributed by atoms with Gasteiger partial charge in [0.2, 0.25) is 11.9 Å². The summed E-state index contributed by atoms with van der Waals surface area (Å²) in [6.07, 6.45) is 2.12. The van der Waals surface area contributed by atoms with Crippen LogP contribution in [0.25, 0.3) is 0 Å². The molecule has 1 atom stereocenters. The van der Waals surface area contributed by atoms with Gasteiger partial charge >= 0.3 is 0 Å². The molecule has 1 aromatic heterocycles. The van der Waals surface area contributed by atoms with Crippen LogP contribution in [0.3, 0.4) is 0 Å². The van der Waals surface area contributed by atoms with Gasteiger partial charge in [0, 0.05) is 13.1 Å². The molecule has 6 nitrogen and oxygen atoms in total. The number of anilines is 1. The van der Waals surface area contributed by atoms with Gasteiger partial charge in [0.1, 0.15) is 0 Å². The molecule has 1 rings (SSSR count). The number of carbonyl (C=O) groups excluding carboxylic acids is 1. The Morgan fingerprint density at radius 1 is 1.37 bits per heavy atom. The van der Waals surface area contributed by atoms with Crippen LogP contribution >= 0.6 is 11.8 Å². The third-order valence-electron chi connectivity index (χ3n) is 2.79. The number of nitrogens with two attached hydrogens (primary N) is 1. The van der Waals surface area contributed by atoms with Crippen LogP contribution in [0.15, 0.2) is 5.16 Å². The van der Waals surface area contributed by atoms with Crippen LogP contribution in [0.2, 0.25) is 0 Å². The van der Waals surface area contributed by atoms with Gasteiger partial charge in [-0.1, -0.05) is 25.6 Å². The van der Waals surface area contributed by atoms with Crippen molar-refractivity contribution >= 4 is 23.6 Å². The molecule has 1 heterocycles. The number of nitrogen functional groups attached to an aromatic ring is 1. The lowest BCUT2D eigenvalue weighted by atomic mass is 10.0. The fourth-order valence-corrected chi connectivity index (χ4v) is 2.28. The Bertz CT molecular complexity index is 418. The van der Waals surface area contributed by atoms with Crippen LogP contribution in [0, 0.1) is 5.92 Å². The first-order valence-electron chi connectivity index (χ1n) is 6.47. The van der Waals surface area contributed by atoms with Crippen LogP contribution in [0.1, 0.15) is 33.6 Å². The molecule has 7 heteroatoms. The van der Waals surface area contributed by atoms with Gasteiger partial charge in [0.25, 0.3) is 0 Å². The van der Waals surface area contributed by atoms with E-state index in [1.165, 1.54) is 11.8 Å². The molecule has 0 spiro atoms. The van der Waals surface area contributed by atoms with E-state index in [9.17, 15) is 4.79 Å². The maximum absolute atomic E-state index is 11.8. The van der Waals surface area contributed by atoms with Crippen molar-refractivity contribution in [2.75, 3.05) is 11.5 Å². The summed E-state index contributed by atoms with van der Waals surface area (Å²) in [6, 6.07) is 0.208. The molecule has 0 aromatic carbocycles. The summed E-state index contributed by atoms with van der Waals surface area (Å²) in [6.45, 7) is 6.40. The number of hydrogen-bond donors (Lipinski definition) is 2. The van der Waals surface area contributed by atoms with Gasteiger partial charge in [0.05, 0.1) is 5.75 Å². The number of carbonyl (C=O) groups is 1. The highest BCUT2D eigenvalue weighted by Gasteiger charge is 2.11. The summed E-state index contributed by atoms with van der Waals surface area (Å²) >= 11 is 1.34. The molecule has 108 valence electrons. The molecule has 19 heavy (non-hydrogen) atoms. The van der Waals surface area contributed by atoms with Gasteiger partial charge in [-0.15, -0.1) is 10.2 Å². The van der Waals surface area contributed by atoms with Crippen molar-refractivity contribution in [2.24, 2.45) is 13.0 Å². The standard InChI is InChI=1S/C12H23N5OS/c1-8(2)5-6-9(3)14-10(18)7-19-12-16-15-11(13)17(12)4/h8-9H,5-7H2,1-4H3,(H2,13,15)(H,14,18). The minimum absolute atomic E-state index is 0.0165. The molecule has 0 aliphatic carbocycles. The molecule has 0 saturated carbocycles. The zero-order valence-corrected chi connectivity index (χ0v) is 12.8. The maximum Gasteiger partial charge on any atom is 0.230 e. The lowest BCUT2D eigenvalue weighted by molar-refractivity contribution is -0.119. The highest BCUT2D eigenvalue weighted by molar-refractivity contribution is 7.99. The number of thioether (sulfide) groups is 1. The van der Waals surface area contributed by atoms with E-state index in [0.29, 0.717) is 22.8 Å². The second-order valence-corrected chi connectivity index (χ2v) is 6.07. The molecule has 1 unspecified atom stereocenters. The second kappa shape index (κ2) is 7.37. The van der Waals surface area contributed by atoms with Crippen molar-refractivity contribution in [3.05, 3.63) is 0 Å². The van der Waals surface area contributed by atoms with Crippen molar-refractivity contribution in [3.63, 3.8) is 0 Å². The minimum atomic E-state index is 0.0165. The largest absolute Gasteiger partial charge is 0.368 e. The van der Waals surface area contributed by atoms with Crippen molar-refractivity contribution in [1.82, 2.24) is 20.1 Å². The molecular formula is C12H23N5OS. The van der Waals surface area contributed by atoms with Crippen LogP contribution in [-0.4, -0.2) is 32.5 Å². The third kappa shape index (κ3) is 5.50. The topological polar surface area (TPSA) is 85.8 Å². The average molecular weight is 285 g/mol. The predicted octanol–water partition coefficient (Wildman–Crippen LogP) is 1.43. The molecular weight excluding hydrogens is 262 g/mol. The minimum Gasteiger partial charge on any atom is -0.368 e. The third-order valence-corrected chi connectivity index (χ3v) is 3.81. The van der Waals surface area contributed by atoms with Gasteiger partial charge < -0.3 is 11.1 Å². The Morgan fingerprint density at radius 3 is 2.58 bits per heavy atom. The lowest BCUT2D eigenvalue weighted by Crippen LogP contribution is -2.34. The van der Waals surface area contributed by atoms with Crippen molar-refractivity contribution in [1.29, 1.82) is 0 Å². The van der Waals surface area contributed by atoms with Gasteiger partial charge in [-0.05, 0) is 25.7 Å². The first-order chi connectivity index (χ1) is 8.90. The normalized spacial score (nSPS) is 12.7. The molecule has 0 aliphatic heterocycles. The smallest absolute Gasteiger partial charge is 0.230 e. The highest BCUT2D eigenvalue weighted by atomic mass is 32.2. The van der Waals surface area contributed by atoms with Crippen LogP contribution in [-0.2, 0) is 11.8 Å². The van der Waals surface area contributed by atoms with Crippen molar-refractivity contribution < 1.29 is 4.79 Å². The molecule has 0 aliphatic rings. The number of nitrogens with one attached hydrogen (secondary N) is 1. The summed E-state index contributed by atoms with van der Waals surface area (Å²) < 4.78 is 1.67. The fraction of sp³-hybridized carbons (Fsp3) is 0.750. The number of hydrogen-bond acceptors (Lipinski definition) is 5. The zero-order chi connectivity index (χ0) is 14.4. The monoisotopic (exact) mass is 285 g/mol. The summed E-state index contributed by atoms with van der Waals surface area (Å²) in [4.78, 5) is 11.8. The molecule has 0 fully saturated rings. The zero-order valence-electron chi connectivity index (χ0n) is 12.0. The molecule has 0 bridgehead atoms. The van der Waals surface area contributed by atoms with E-state index in [1.54, 1.807) is 11.6 Å². The Balaban J connectivity index is 2.30. The van der Waals surface area contributed by atoms with E-state index in [4.69, 9.17) is 5.73 Å². The van der Waals surface area contributed by atoms with Crippen molar-refractivity contribution in [3.8, 4) is 0 Å². The van der Waals surface area contributed by atoms with Gasteiger partial charge in [-0.3, -0.25) is 9.36 Å². The first kappa shape index (κ1) is 15.8. The summed E-state index contributed by atoms with van der Waals surface area (Å²) in [5.74, 6) is 1.37. The van der Waals surface area contributed by atoms with Crippen LogP contribution < -0.4 is 11.1 Å². The number of aromatic nitrogens is 3. The van der Waals surface area contributed by atoms with E-state index >= 15 is 0 Å². The lowest BCUT2D eigenvalue weighted by Gasteiger charge is -2.14. The Morgan fingerprint density at radius 2 is 2.05 bits per heavy atom. The number of amides is 1. The van der Waals surface area contributed by atoms with Crippen LogP contribution in [0.5, 0.6) is 0 Å². The maximum atomic E-state index is 11.8. The molecule has 3 N–H and O–H groups in total. The highest BCUT2D eigenvalue weighted by Crippen LogP contribution is 2.16. The average Bonchev–Trinajstić information content (AvgIpc) is 2.65. The SMILES string of the molecule is CC(C)CCC(C)NC(=O)CSc1nnc(N)n1C. The summed E-state index contributed by atoms with van der Waals surface area (Å²) in [7, 11) is 1.78. The van der Waals surface area contributed by atoms with Gasteiger partial charge in [-0.2, -0.15) is 0 Å². The van der Waals surface area contributed by atoms with E-state index in [0.717, 1.165) is 12.8 Å². The van der Waals surface area contributed by atoms with Gasteiger partial charge in [-0.25, -0.2) is 0 Å².